The van der Waals surface area contributed by atoms with Gasteiger partial charge in [-0.15, -0.1) is 0 Å². The maximum Gasteiger partial charge on any atom is 0.146 e. The van der Waals surface area contributed by atoms with Gasteiger partial charge in [-0.2, -0.15) is 23.5 Å². The molecule has 2 saturated heterocycles. The molecular formula is C13H22O4S2. The molecule has 0 bridgehead atoms. The molecule has 4 atom stereocenters. The van der Waals surface area contributed by atoms with Gasteiger partial charge in [-0.3, -0.25) is 4.79 Å². The molecule has 0 aliphatic carbocycles. The Morgan fingerprint density at radius 1 is 1.37 bits per heavy atom. The number of ketones is 1. The van der Waals surface area contributed by atoms with Crippen LogP contribution in [0.4, 0.5) is 0 Å². The molecule has 0 unspecified atom stereocenters. The summed E-state index contributed by atoms with van der Waals surface area (Å²) in [4.78, 5) is 12.0. The minimum Gasteiger partial charge on any atom is -0.392 e. The van der Waals surface area contributed by atoms with Gasteiger partial charge < -0.3 is 14.6 Å². The van der Waals surface area contributed by atoms with Crippen molar-refractivity contribution in [3.8, 4) is 0 Å². The highest BCUT2D eigenvalue weighted by atomic mass is 32.2. The third-order valence-electron chi connectivity index (χ3n) is 3.79. The average molecular weight is 306 g/mol. The van der Waals surface area contributed by atoms with Crippen LogP contribution < -0.4 is 0 Å². The van der Waals surface area contributed by atoms with E-state index in [9.17, 15) is 9.90 Å². The fourth-order valence-corrected chi connectivity index (χ4v) is 5.07. The van der Waals surface area contributed by atoms with E-state index in [0.717, 1.165) is 29.4 Å². The lowest BCUT2D eigenvalue weighted by molar-refractivity contribution is -0.133. The summed E-state index contributed by atoms with van der Waals surface area (Å²) >= 11 is 3.60. The summed E-state index contributed by atoms with van der Waals surface area (Å²) in [6.45, 7) is 0.256. The highest BCUT2D eigenvalue weighted by molar-refractivity contribution is 7.99. The number of aliphatic hydroxyl groups is 1. The molecule has 2 rings (SSSR count). The smallest absolute Gasteiger partial charge is 0.146 e. The number of ether oxygens (including phenoxy) is 2. The quantitative estimate of drug-likeness (QED) is 0.775. The third kappa shape index (κ3) is 4.11. The average Bonchev–Trinajstić information content (AvgIpc) is 2.45. The molecule has 6 heteroatoms. The molecule has 0 aromatic carbocycles. The molecule has 0 radical (unpaired) electrons. The normalized spacial score (nSPS) is 34.2. The Labute approximate surface area is 123 Å². The molecule has 19 heavy (non-hydrogen) atoms. The summed E-state index contributed by atoms with van der Waals surface area (Å²) in [5.41, 5.74) is 0. The first-order chi connectivity index (χ1) is 9.24. The van der Waals surface area contributed by atoms with Crippen LogP contribution in [0.5, 0.6) is 0 Å². The molecule has 2 aliphatic rings. The Bertz CT molecular complexity index is 300. The number of carbonyl (C=O) groups excluding carboxylic acids is 1. The van der Waals surface area contributed by atoms with Crippen molar-refractivity contribution >= 4 is 29.3 Å². The van der Waals surface area contributed by atoms with Crippen molar-refractivity contribution in [1.29, 1.82) is 0 Å². The van der Waals surface area contributed by atoms with Crippen LogP contribution in [0, 0.1) is 11.8 Å². The van der Waals surface area contributed by atoms with Gasteiger partial charge in [0.25, 0.3) is 0 Å². The predicted molar refractivity (Wildman–Crippen MR) is 78.6 cm³/mol. The van der Waals surface area contributed by atoms with Crippen molar-refractivity contribution in [2.45, 2.75) is 25.0 Å². The van der Waals surface area contributed by atoms with Crippen LogP contribution in [0.15, 0.2) is 0 Å². The van der Waals surface area contributed by atoms with Crippen molar-refractivity contribution < 1.29 is 19.4 Å². The zero-order valence-electron chi connectivity index (χ0n) is 11.2. The van der Waals surface area contributed by atoms with Gasteiger partial charge in [0.2, 0.25) is 0 Å². The highest BCUT2D eigenvalue weighted by Crippen LogP contribution is 2.34. The lowest BCUT2D eigenvalue weighted by Gasteiger charge is -2.37. The lowest BCUT2D eigenvalue weighted by atomic mass is 9.84. The van der Waals surface area contributed by atoms with Crippen LogP contribution in [0.2, 0.25) is 0 Å². The summed E-state index contributed by atoms with van der Waals surface area (Å²) in [6.07, 6.45) is 0.950. The monoisotopic (exact) mass is 306 g/mol. The van der Waals surface area contributed by atoms with Crippen LogP contribution in [-0.2, 0) is 14.3 Å². The Balaban J connectivity index is 1.97. The first-order valence-electron chi connectivity index (χ1n) is 6.71. The van der Waals surface area contributed by atoms with Gasteiger partial charge in [-0.05, 0) is 12.2 Å². The lowest BCUT2D eigenvalue weighted by Crippen LogP contribution is -2.46. The van der Waals surface area contributed by atoms with Crippen molar-refractivity contribution in [3.05, 3.63) is 0 Å². The zero-order valence-corrected chi connectivity index (χ0v) is 12.9. The fraction of sp³-hybridized carbons (Fsp3) is 0.923. The number of Topliss-reactive ketones (excluding diaryl/α,β-unsaturated/α-hetero) is 1. The molecule has 0 amide bonds. The molecule has 0 aromatic heterocycles. The van der Waals surface area contributed by atoms with Crippen molar-refractivity contribution in [3.63, 3.8) is 0 Å². The van der Waals surface area contributed by atoms with Crippen molar-refractivity contribution in [1.82, 2.24) is 0 Å². The van der Waals surface area contributed by atoms with E-state index >= 15 is 0 Å². The maximum absolute atomic E-state index is 12.0. The number of hydrogen-bond donors (Lipinski definition) is 1. The summed E-state index contributed by atoms with van der Waals surface area (Å²) in [7, 11) is 1.60. The van der Waals surface area contributed by atoms with Crippen molar-refractivity contribution in [2.75, 3.05) is 36.9 Å². The Kier molecular flexibility index (Phi) is 6.49. The van der Waals surface area contributed by atoms with Gasteiger partial charge in [-0.25, -0.2) is 0 Å². The van der Waals surface area contributed by atoms with E-state index in [4.69, 9.17) is 9.47 Å². The van der Waals surface area contributed by atoms with E-state index in [-0.39, 0.29) is 30.5 Å². The standard InChI is InChI=1S/C13H22O4S2/c1-16-8-17-12-3-5-19-7-10(12)13(15)9-6-18-4-2-11(9)14/h9-10,12-13,15H,2-8H2,1H3/t9-,10-,12+,13-/m1/s1. The first-order valence-corrected chi connectivity index (χ1v) is 9.01. The number of methoxy groups -OCH3 is 1. The highest BCUT2D eigenvalue weighted by Gasteiger charge is 2.39. The van der Waals surface area contributed by atoms with E-state index in [1.54, 1.807) is 18.9 Å². The molecule has 2 aliphatic heterocycles. The topological polar surface area (TPSA) is 55.8 Å². The van der Waals surface area contributed by atoms with Crippen molar-refractivity contribution in [2.24, 2.45) is 11.8 Å². The summed E-state index contributed by atoms with van der Waals surface area (Å²) in [5, 5.41) is 10.6. The molecule has 2 fully saturated rings. The predicted octanol–water partition coefficient (Wildman–Crippen LogP) is 1.41. The Morgan fingerprint density at radius 3 is 2.89 bits per heavy atom. The van der Waals surface area contributed by atoms with Crippen LogP contribution in [0.3, 0.4) is 0 Å². The van der Waals surface area contributed by atoms with E-state index in [2.05, 4.69) is 0 Å². The Hall–Kier alpha value is 0.250. The minimum absolute atomic E-state index is 0.0101. The van der Waals surface area contributed by atoms with E-state index < -0.39 is 6.10 Å². The van der Waals surface area contributed by atoms with Gasteiger partial charge in [0.15, 0.2) is 0 Å². The van der Waals surface area contributed by atoms with E-state index in [1.165, 1.54) is 0 Å². The summed E-state index contributed by atoms with van der Waals surface area (Å²) in [6, 6.07) is 0. The third-order valence-corrected chi connectivity index (χ3v) is 6.02. The zero-order chi connectivity index (χ0) is 13.7. The number of aliphatic hydroxyl groups excluding tert-OH is 1. The summed E-state index contributed by atoms with van der Waals surface area (Å²) in [5.74, 6) is 3.60. The van der Waals surface area contributed by atoms with Gasteiger partial charge in [0.05, 0.1) is 18.1 Å². The molecular weight excluding hydrogens is 284 g/mol. The molecule has 110 valence electrons. The number of rotatable bonds is 5. The molecule has 1 N–H and O–H groups in total. The number of thioether (sulfide) groups is 2. The van der Waals surface area contributed by atoms with Gasteiger partial charge >= 0.3 is 0 Å². The van der Waals surface area contributed by atoms with Crippen LogP contribution in [0.25, 0.3) is 0 Å². The van der Waals surface area contributed by atoms with E-state index in [1.807, 2.05) is 11.8 Å². The van der Waals surface area contributed by atoms with E-state index in [0.29, 0.717) is 6.42 Å². The first kappa shape index (κ1) is 15.6. The van der Waals surface area contributed by atoms with Crippen LogP contribution in [0.1, 0.15) is 12.8 Å². The molecule has 2 heterocycles. The molecule has 4 nitrogen and oxygen atoms in total. The number of hydrogen-bond acceptors (Lipinski definition) is 6. The van der Waals surface area contributed by atoms with Gasteiger partial charge in [0, 0.05) is 36.7 Å². The second-order valence-electron chi connectivity index (χ2n) is 5.03. The van der Waals surface area contributed by atoms with Crippen LogP contribution >= 0.6 is 23.5 Å². The SMILES string of the molecule is COCO[C@H]1CCSC[C@H]1[C@H](O)[C@@H]1CSCCC1=O. The van der Waals surface area contributed by atoms with Gasteiger partial charge in [0.1, 0.15) is 12.6 Å². The van der Waals surface area contributed by atoms with Crippen LogP contribution in [-0.4, -0.2) is 60.0 Å². The summed E-state index contributed by atoms with van der Waals surface area (Å²) < 4.78 is 10.6. The molecule has 0 aromatic rings. The second-order valence-corrected chi connectivity index (χ2v) is 7.33. The second kappa shape index (κ2) is 7.88. The minimum atomic E-state index is -0.574. The number of carbonyl (C=O) groups is 1. The Morgan fingerprint density at radius 2 is 2.16 bits per heavy atom. The molecule has 0 spiro atoms. The van der Waals surface area contributed by atoms with Gasteiger partial charge in [-0.1, -0.05) is 0 Å². The molecule has 0 saturated carbocycles. The maximum atomic E-state index is 12.0. The fourth-order valence-electron chi connectivity index (χ4n) is 2.67. The largest absolute Gasteiger partial charge is 0.392 e.